The minimum absolute atomic E-state index is 1.27. The molecule has 0 aliphatic rings. The molecule has 0 aliphatic heterocycles. The Balaban J connectivity index is 4.31. The van der Waals surface area contributed by atoms with Crippen LogP contribution in [0.1, 0.15) is 178 Å². The Kier molecular flexibility index (Phi) is 28.9. The zero-order valence-corrected chi connectivity index (χ0v) is 44.3. The van der Waals surface area contributed by atoms with Gasteiger partial charge < -0.3 is 0 Å². The van der Waals surface area contributed by atoms with Crippen molar-refractivity contribution in [2.24, 2.45) is 0 Å². The molecule has 0 unspecified atom stereocenters. The van der Waals surface area contributed by atoms with Crippen molar-refractivity contribution < 1.29 is 8.29 Å². The van der Waals surface area contributed by atoms with Crippen LogP contribution in [0.3, 0.4) is 0 Å². The van der Waals surface area contributed by atoms with Crippen LogP contribution in [0.25, 0.3) is 0 Å². The van der Waals surface area contributed by atoms with E-state index in [-0.39, 0.29) is 0 Å². The zero-order valence-electron chi connectivity index (χ0n) is 34.7. The first-order valence-corrected chi connectivity index (χ1v) is 45.3. The van der Waals surface area contributed by atoms with Crippen LogP contribution in [-0.4, -0.2) is 65.2 Å². The van der Waals surface area contributed by atoms with Crippen LogP contribution in [0.2, 0.25) is 39.9 Å². The summed E-state index contributed by atoms with van der Waals surface area (Å²) < 4.78 is 37.7. The number of unbranched alkanes of at least 4 members (excludes halogenated alkanes) is 9. The summed E-state index contributed by atoms with van der Waals surface area (Å²) in [6, 6.07) is 11.6. The Morgan fingerprint density at radius 2 is 0.551 bits per heavy atom. The SMILES string of the molecule is CCC[CH2][Sn]([CH2]CCC)([CH2]CCC)[O][Si]([O][Sn]([CH2]CCC)([CH2]CCC)[CH2]CCC)([O][Sn]([CH2]CCC)([CH2]CCC)[CH2]CCC)c1ccccc1. The molecule has 0 saturated heterocycles. The molecule has 49 heavy (non-hydrogen) atoms. The van der Waals surface area contributed by atoms with Crippen molar-refractivity contribution in [3.8, 4) is 0 Å². The Hall–Kier alpha value is 1.71. The molecule has 1 aromatic carbocycles. The second-order valence-corrected chi connectivity index (χ2v) is 56.4. The summed E-state index contributed by atoms with van der Waals surface area (Å²) in [7, 11) is -3.25. The summed E-state index contributed by atoms with van der Waals surface area (Å²) >= 11 is -9.65. The monoisotopic (exact) mass is 1030 g/mol. The second kappa shape index (κ2) is 29.1. The fraction of sp³-hybridized carbons (Fsp3) is 0.857. The standard InChI is InChI=1S/C6H5O3Si.9C4H9.3Sn/c7-10(8,9)6-4-2-1-3-5-6;9*1-3-4-2;;;/h1-5H;9*1,3-4H2,2H3;;;/q-3;;;;;;;;;;3*+1. The van der Waals surface area contributed by atoms with Crippen molar-refractivity contribution in [2.75, 3.05) is 0 Å². The van der Waals surface area contributed by atoms with E-state index < -0.39 is 65.2 Å². The van der Waals surface area contributed by atoms with E-state index in [0.717, 1.165) is 0 Å². The van der Waals surface area contributed by atoms with Gasteiger partial charge in [-0.25, -0.2) is 0 Å². The molecule has 288 valence electrons. The van der Waals surface area contributed by atoms with Crippen molar-refractivity contribution in [3.05, 3.63) is 30.3 Å². The average molecular weight is 1020 g/mol. The molecule has 3 nitrogen and oxygen atoms in total. The molecule has 7 heteroatoms. The van der Waals surface area contributed by atoms with E-state index >= 15 is 0 Å². The quantitative estimate of drug-likeness (QED) is 0.0644. The molecule has 0 atom stereocenters. The molecular formula is C42H86O3SiSn3. The van der Waals surface area contributed by atoms with E-state index in [1.807, 2.05) is 0 Å². The van der Waals surface area contributed by atoms with E-state index in [0.29, 0.717) is 0 Å². The third kappa shape index (κ3) is 18.3. The Morgan fingerprint density at radius 1 is 0.347 bits per heavy atom. The van der Waals surface area contributed by atoms with E-state index in [9.17, 15) is 0 Å². The molecule has 0 aromatic heterocycles. The summed E-state index contributed by atoms with van der Waals surface area (Å²) in [6.45, 7) is 21.6. The van der Waals surface area contributed by atoms with Crippen molar-refractivity contribution in [2.45, 2.75) is 218 Å². The molecule has 0 bridgehead atoms. The maximum atomic E-state index is 8.52. The third-order valence-electron chi connectivity index (χ3n) is 11.1. The van der Waals surface area contributed by atoms with Gasteiger partial charge in [-0.2, -0.15) is 0 Å². The van der Waals surface area contributed by atoms with Gasteiger partial charge in [-0.15, -0.1) is 0 Å². The normalized spacial score (nSPS) is 13.0. The van der Waals surface area contributed by atoms with Gasteiger partial charge in [0.1, 0.15) is 0 Å². The van der Waals surface area contributed by atoms with Gasteiger partial charge >= 0.3 is 327 Å². The van der Waals surface area contributed by atoms with Gasteiger partial charge in [0.25, 0.3) is 0 Å². The predicted molar refractivity (Wildman–Crippen MR) is 230 cm³/mol. The van der Waals surface area contributed by atoms with Crippen LogP contribution in [0.15, 0.2) is 30.3 Å². The van der Waals surface area contributed by atoms with Gasteiger partial charge in [-0.3, -0.25) is 0 Å². The van der Waals surface area contributed by atoms with Crippen LogP contribution in [0.4, 0.5) is 0 Å². The summed E-state index contributed by atoms with van der Waals surface area (Å²) in [4.78, 5) is 0. The van der Waals surface area contributed by atoms with Gasteiger partial charge in [-0.1, -0.05) is 0 Å². The molecule has 1 aromatic rings. The molecule has 0 fully saturated rings. The van der Waals surface area contributed by atoms with Crippen molar-refractivity contribution in [1.29, 1.82) is 0 Å². The molecule has 0 heterocycles. The Morgan fingerprint density at radius 3 is 0.735 bits per heavy atom. The molecule has 1 rings (SSSR count). The van der Waals surface area contributed by atoms with Crippen LogP contribution < -0.4 is 5.19 Å². The molecule has 0 amide bonds. The van der Waals surface area contributed by atoms with Gasteiger partial charge in [0.05, 0.1) is 0 Å². The summed E-state index contributed by atoms with van der Waals surface area (Å²) in [5.41, 5.74) is 0. The van der Waals surface area contributed by atoms with Crippen LogP contribution >= 0.6 is 0 Å². The fourth-order valence-electron chi connectivity index (χ4n) is 7.81. The van der Waals surface area contributed by atoms with E-state index in [2.05, 4.69) is 92.6 Å². The van der Waals surface area contributed by atoms with E-state index in [1.165, 1.54) is 161 Å². The zero-order chi connectivity index (χ0) is 36.3. The molecule has 0 saturated carbocycles. The summed E-state index contributed by atoms with van der Waals surface area (Å²) in [5.74, 6) is 0. The number of hydrogen-bond acceptors (Lipinski definition) is 3. The predicted octanol–water partition coefficient (Wildman–Crippen LogP) is 14.9. The maximum absolute atomic E-state index is 8.52. The van der Waals surface area contributed by atoms with Crippen molar-refractivity contribution >= 4 is 70.4 Å². The number of hydrogen-bond donors (Lipinski definition) is 0. The molecular weight excluding hydrogens is 937 g/mol. The van der Waals surface area contributed by atoms with E-state index in [4.69, 9.17) is 8.29 Å². The first-order valence-electron chi connectivity index (χ1n) is 21.9. The Labute approximate surface area is 323 Å². The fourth-order valence-corrected chi connectivity index (χ4v) is 77.4. The first kappa shape index (κ1) is 48.7. The topological polar surface area (TPSA) is 27.7 Å². The third-order valence-corrected chi connectivity index (χ3v) is 64.7. The molecule has 0 aliphatic carbocycles. The van der Waals surface area contributed by atoms with Gasteiger partial charge in [-0.05, 0) is 0 Å². The van der Waals surface area contributed by atoms with Gasteiger partial charge in [0.15, 0.2) is 0 Å². The first-order chi connectivity index (χ1) is 23.8. The van der Waals surface area contributed by atoms with Crippen LogP contribution in [0, 0.1) is 0 Å². The van der Waals surface area contributed by atoms with Crippen LogP contribution in [0.5, 0.6) is 0 Å². The molecule has 0 radical (unpaired) electrons. The molecule has 0 spiro atoms. The average Bonchev–Trinajstić information content (AvgIpc) is 3.13. The van der Waals surface area contributed by atoms with Gasteiger partial charge in [0, 0.05) is 0 Å². The minimum atomic E-state index is -3.25. The van der Waals surface area contributed by atoms with Crippen LogP contribution in [-0.2, 0) is 8.29 Å². The van der Waals surface area contributed by atoms with E-state index in [1.54, 1.807) is 0 Å². The summed E-state index contributed by atoms with van der Waals surface area (Å²) in [5, 5.41) is 1.36. The van der Waals surface area contributed by atoms with Crippen molar-refractivity contribution in [3.63, 3.8) is 0 Å². The summed E-state index contributed by atoms with van der Waals surface area (Å²) in [6.07, 6.45) is 23.2. The Bertz CT molecular complexity index is 754. The second-order valence-electron chi connectivity index (χ2n) is 15.7. The number of benzene rings is 1. The number of rotatable bonds is 34. The van der Waals surface area contributed by atoms with Crippen molar-refractivity contribution in [1.82, 2.24) is 0 Å². The van der Waals surface area contributed by atoms with Gasteiger partial charge in [0.2, 0.25) is 0 Å². The molecule has 0 N–H and O–H groups in total.